The number of Topliss-reactive ketones (excluding diaryl/α,β-unsaturated/α-hetero) is 1. The summed E-state index contributed by atoms with van der Waals surface area (Å²) in [5, 5.41) is 0. The molecule has 0 atom stereocenters. The third kappa shape index (κ3) is 2.64. The summed E-state index contributed by atoms with van der Waals surface area (Å²) < 4.78 is 4.77. The number of hydrogen-bond acceptors (Lipinski definition) is 3. The number of benzene rings is 1. The van der Waals surface area contributed by atoms with Gasteiger partial charge in [-0.1, -0.05) is 31.2 Å². The zero-order valence-electron chi connectivity index (χ0n) is 9.81. The van der Waals surface area contributed by atoms with E-state index in [1.807, 2.05) is 24.3 Å². The number of hydrogen-bond donors (Lipinski definition) is 0. The Labute approximate surface area is 100 Å². The van der Waals surface area contributed by atoms with Crippen molar-refractivity contribution in [2.24, 2.45) is 0 Å². The van der Waals surface area contributed by atoms with Crippen LogP contribution >= 0.6 is 0 Å². The van der Waals surface area contributed by atoms with E-state index >= 15 is 0 Å². The Bertz CT molecular complexity index is 425. The fraction of sp³-hybridized carbons (Fsp3) is 0.385. The molecule has 0 radical (unpaired) electrons. The lowest BCUT2D eigenvalue weighted by atomic mass is 10.1. The number of amides is 1. The van der Waals surface area contributed by atoms with Crippen LogP contribution in [0.1, 0.15) is 22.8 Å². The van der Waals surface area contributed by atoms with E-state index in [2.05, 4.69) is 6.92 Å². The Balaban J connectivity index is 2.01. The zero-order chi connectivity index (χ0) is 12.3. The van der Waals surface area contributed by atoms with E-state index in [1.54, 1.807) is 0 Å². The van der Waals surface area contributed by atoms with E-state index < -0.39 is 6.09 Å². The molecule has 1 amide bonds. The zero-order valence-corrected chi connectivity index (χ0v) is 9.81. The molecule has 4 heteroatoms. The molecule has 0 bridgehead atoms. The monoisotopic (exact) mass is 233 g/mol. The predicted octanol–water partition coefficient (Wildman–Crippen LogP) is 1.88. The molecule has 0 aromatic heterocycles. The minimum absolute atomic E-state index is 0.0495. The molecule has 1 heterocycles. The Morgan fingerprint density at radius 3 is 2.59 bits per heavy atom. The van der Waals surface area contributed by atoms with Crippen molar-refractivity contribution in [2.75, 3.05) is 19.7 Å². The Morgan fingerprint density at radius 1 is 1.35 bits per heavy atom. The van der Waals surface area contributed by atoms with Crippen LogP contribution in [0.5, 0.6) is 0 Å². The van der Waals surface area contributed by atoms with Crippen LogP contribution in [0.25, 0.3) is 0 Å². The van der Waals surface area contributed by atoms with Crippen molar-refractivity contribution in [3.63, 3.8) is 0 Å². The molecule has 4 nitrogen and oxygen atoms in total. The van der Waals surface area contributed by atoms with Gasteiger partial charge in [-0.05, 0) is 12.0 Å². The Hall–Kier alpha value is -1.84. The van der Waals surface area contributed by atoms with Gasteiger partial charge in [0.15, 0.2) is 5.78 Å². The summed E-state index contributed by atoms with van der Waals surface area (Å²) in [5.74, 6) is -0.0495. The van der Waals surface area contributed by atoms with Crippen LogP contribution in [-0.2, 0) is 11.2 Å². The summed E-state index contributed by atoms with van der Waals surface area (Å²) >= 11 is 0. The van der Waals surface area contributed by atoms with Crippen LogP contribution in [0.3, 0.4) is 0 Å². The number of rotatable bonds is 4. The number of aryl methyl sites for hydroxylation is 1. The summed E-state index contributed by atoms with van der Waals surface area (Å²) in [7, 11) is 0. The smallest absolute Gasteiger partial charge is 0.410 e. The van der Waals surface area contributed by atoms with Crippen molar-refractivity contribution in [3.8, 4) is 0 Å². The van der Waals surface area contributed by atoms with Crippen molar-refractivity contribution in [1.82, 2.24) is 4.90 Å². The standard InChI is InChI=1S/C13H15NO3/c1-2-10-3-5-11(6-4-10)12(15)9-14-7-8-17-13(14)16/h3-6H,2,7-9H2,1H3. The highest BCUT2D eigenvalue weighted by Crippen LogP contribution is 2.09. The fourth-order valence-corrected chi connectivity index (χ4v) is 1.76. The highest BCUT2D eigenvalue weighted by atomic mass is 16.6. The molecule has 2 rings (SSSR count). The van der Waals surface area contributed by atoms with Gasteiger partial charge in [0.25, 0.3) is 0 Å². The third-order valence-corrected chi connectivity index (χ3v) is 2.86. The van der Waals surface area contributed by atoms with Gasteiger partial charge >= 0.3 is 6.09 Å². The first-order valence-electron chi connectivity index (χ1n) is 5.74. The minimum atomic E-state index is -0.400. The maximum Gasteiger partial charge on any atom is 0.410 e. The van der Waals surface area contributed by atoms with Crippen molar-refractivity contribution < 1.29 is 14.3 Å². The van der Waals surface area contributed by atoms with Gasteiger partial charge in [0.2, 0.25) is 0 Å². The topological polar surface area (TPSA) is 46.6 Å². The number of carbonyl (C=O) groups excluding carboxylic acids is 2. The van der Waals surface area contributed by atoms with E-state index in [0.29, 0.717) is 18.7 Å². The SMILES string of the molecule is CCc1ccc(C(=O)CN2CCOC2=O)cc1. The van der Waals surface area contributed by atoms with E-state index in [4.69, 9.17) is 4.74 Å². The van der Waals surface area contributed by atoms with Crippen molar-refractivity contribution in [3.05, 3.63) is 35.4 Å². The Morgan fingerprint density at radius 2 is 2.06 bits per heavy atom. The quantitative estimate of drug-likeness (QED) is 0.746. The van der Waals surface area contributed by atoms with E-state index in [-0.39, 0.29) is 12.3 Å². The van der Waals surface area contributed by atoms with Crippen LogP contribution < -0.4 is 0 Å². The average Bonchev–Trinajstić information content (AvgIpc) is 2.75. The normalized spacial score (nSPS) is 14.9. The van der Waals surface area contributed by atoms with Crippen molar-refractivity contribution >= 4 is 11.9 Å². The van der Waals surface area contributed by atoms with E-state index in [0.717, 1.165) is 6.42 Å². The fourth-order valence-electron chi connectivity index (χ4n) is 1.76. The molecule has 1 aliphatic rings. The van der Waals surface area contributed by atoms with E-state index in [9.17, 15) is 9.59 Å². The summed E-state index contributed by atoms with van der Waals surface area (Å²) in [5.41, 5.74) is 1.84. The van der Waals surface area contributed by atoms with Crippen LogP contribution in [0, 0.1) is 0 Å². The first-order valence-corrected chi connectivity index (χ1v) is 5.74. The summed E-state index contributed by atoms with van der Waals surface area (Å²) in [4.78, 5) is 24.5. The lowest BCUT2D eigenvalue weighted by molar-refractivity contribution is 0.0943. The molecule has 1 aromatic rings. The maximum absolute atomic E-state index is 11.9. The molecule has 90 valence electrons. The number of ether oxygens (including phenoxy) is 1. The first-order chi connectivity index (χ1) is 8.20. The lowest BCUT2D eigenvalue weighted by Gasteiger charge is -2.11. The molecule has 1 saturated heterocycles. The number of cyclic esters (lactones) is 1. The lowest BCUT2D eigenvalue weighted by Crippen LogP contribution is -2.30. The van der Waals surface area contributed by atoms with Gasteiger partial charge in [0, 0.05) is 5.56 Å². The van der Waals surface area contributed by atoms with Gasteiger partial charge < -0.3 is 4.74 Å². The molecule has 0 saturated carbocycles. The minimum Gasteiger partial charge on any atom is -0.448 e. The van der Waals surface area contributed by atoms with Gasteiger partial charge in [-0.2, -0.15) is 0 Å². The number of carbonyl (C=O) groups is 2. The number of nitrogens with zero attached hydrogens (tertiary/aromatic N) is 1. The second-order valence-electron chi connectivity index (χ2n) is 4.01. The van der Waals surface area contributed by atoms with Crippen LogP contribution in [0.4, 0.5) is 4.79 Å². The molecule has 1 aliphatic heterocycles. The second kappa shape index (κ2) is 4.99. The van der Waals surface area contributed by atoms with Crippen LogP contribution in [-0.4, -0.2) is 36.5 Å². The maximum atomic E-state index is 11.9. The van der Waals surface area contributed by atoms with Crippen molar-refractivity contribution in [2.45, 2.75) is 13.3 Å². The van der Waals surface area contributed by atoms with Crippen LogP contribution in [0.15, 0.2) is 24.3 Å². The molecule has 1 aromatic carbocycles. The predicted molar refractivity (Wildman–Crippen MR) is 63.1 cm³/mol. The van der Waals surface area contributed by atoms with Crippen molar-refractivity contribution in [1.29, 1.82) is 0 Å². The third-order valence-electron chi connectivity index (χ3n) is 2.86. The highest BCUT2D eigenvalue weighted by molar-refractivity contribution is 5.99. The molecular formula is C13H15NO3. The summed E-state index contributed by atoms with van der Waals surface area (Å²) in [6, 6.07) is 7.50. The van der Waals surface area contributed by atoms with Gasteiger partial charge in [0.05, 0.1) is 13.1 Å². The molecular weight excluding hydrogens is 218 g/mol. The van der Waals surface area contributed by atoms with Gasteiger partial charge in [-0.25, -0.2) is 4.79 Å². The molecule has 0 spiro atoms. The first kappa shape index (κ1) is 11.6. The number of ketones is 1. The van der Waals surface area contributed by atoms with Gasteiger partial charge in [-0.3, -0.25) is 9.69 Å². The molecule has 0 unspecified atom stereocenters. The second-order valence-corrected chi connectivity index (χ2v) is 4.01. The largest absolute Gasteiger partial charge is 0.448 e. The molecule has 17 heavy (non-hydrogen) atoms. The molecule has 0 N–H and O–H groups in total. The van der Waals surface area contributed by atoms with Gasteiger partial charge in [0.1, 0.15) is 6.61 Å². The van der Waals surface area contributed by atoms with Gasteiger partial charge in [-0.15, -0.1) is 0 Å². The molecule has 1 fully saturated rings. The summed E-state index contributed by atoms with van der Waals surface area (Å²) in [6.45, 7) is 3.04. The summed E-state index contributed by atoms with van der Waals surface area (Å²) in [6.07, 6.45) is 0.552. The van der Waals surface area contributed by atoms with Crippen LogP contribution in [0.2, 0.25) is 0 Å². The molecule has 0 aliphatic carbocycles. The average molecular weight is 233 g/mol. The Kier molecular flexibility index (Phi) is 3.42. The highest BCUT2D eigenvalue weighted by Gasteiger charge is 2.24. The van der Waals surface area contributed by atoms with E-state index in [1.165, 1.54) is 10.5 Å².